The minimum absolute atomic E-state index is 0.304. The van der Waals surface area contributed by atoms with Crippen LogP contribution in [0.3, 0.4) is 0 Å². The summed E-state index contributed by atoms with van der Waals surface area (Å²) in [7, 11) is 0. The van der Waals surface area contributed by atoms with Gasteiger partial charge < -0.3 is 9.80 Å². The second-order valence-electron chi connectivity index (χ2n) is 7.39. The molecule has 1 atom stereocenters. The third-order valence-corrected chi connectivity index (χ3v) is 5.60. The lowest BCUT2D eigenvalue weighted by atomic mass is 10.0. The molecule has 2 heterocycles. The highest BCUT2D eigenvalue weighted by atomic mass is 35.5. The lowest BCUT2D eigenvalue weighted by Gasteiger charge is -2.28. The van der Waals surface area contributed by atoms with Gasteiger partial charge in [0.05, 0.1) is 11.6 Å². The zero-order valence-corrected chi connectivity index (χ0v) is 17.0. The van der Waals surface area contributed by atoms with Crippen molar-refractivity contribution in [1.29, 1.82) is 0 Å². The van der Waals surface area contributed by atoms with E-state index in [1.807, 2.05) is 23.2 Å². The number of aliphatic imine (C=N–C) groups is 1. The summed E-state index contributed by atoms with van der Waals surface area (Å²) >= 11 is 6.04. The van der Waals surface area contributed by atoms with Gasteiger partial charge in [0.2, 0.25) is 0 Å². The molecule has 1 fully saturated rings. The van der Waals surface area contributed by atoms with Gasteiger partial charge in [0.1, 0.15) is 5.82 Å². The number of benzene rings is 2. The summed E-state index contributed by atoms with van der Waals surface area (Å²) < 4.78 is 39.9. The molecule has 0 aliphatic carbocycles. The second-order valence-corrected chi connectivity index (χ2v) is 7.82. The highest BCUT2D eigenvalue weighted by Crippen LogP contribution is 2.40. The maximum atomic E-state index is 13.3. The number of hydrogen-bond donors (Lipinski definition) is 0. The summed E-state index contributed by atoms with van der Waals surface area (Å²) in [5, 5.41) is 0.597. The van der Waals surface area contributed by atoms with Gasteiger partial charge in [-0.2, -0.15) is 13.2 Å². The molecule has 0 aromatic heterocycles. The van der Waals surface area contributed by atoms with E-state index in [0.717, 1.165) is 36.1 Å². The molecule has 0 saturated carbocycles. The van der Waals surface area contributed by atoms with Crippen LogP contribution >= 0.6 is 11.6 Å². The fraction of sp³-hybridized carbons (Fsp3) is 0.261. The smallest absolute Gasteiger partial charge is 0.352 e. The normalized spacial score (nSPS) is 19.4. The molecule has 4 rings (SSSR count). The second kappa shape index (κ2) is 8.19. The maximum Gasteiger partial charge on any atom is 0.416 e. The van der Waals surface area contributed by atoms with Crippen LogP contribution in [0.1, 0.15) is 23.6 Å². The molecule has 1 saturated heterocycles. The molecule has 2 aromatic rings. The average molecular weight is 432 g/mol. The van der Waals surface area contributed by atoms with Gasteiger partial charge >= 0.3 is 6.18 Å². The van der Waals surface area contributed by atoms with Crippen LogP contribution in [0.15, 0.2) is 77.6 Å². The van der Waals surface area contributed by atoms with Crippen LogP contribution in [-0.4, -0.2) is 30.7 Å². The fourth-order valence-corrected chi connectivity index (χ4v) is 4.00. The highest BCUT2D eigenvalue weighted by Gasteiger charge is 2.37. The Morgan fingerprint density at radius 2 is 1.90 bits per heavy atom. The molecule has 2 aliphatic rings. The Balaban J connectivity index is 1.70. The molecule has 2 aromatic carbocycles. The third-order valence-electron chi connectivity index (χ3n) is 5.35. The average Bonchev–Trinajstić information content (AvgIpc) is 3.05. The van der Waals surface area contributed by atoms with E-state index in [2.05, 4.69) is 22.5 Å². The van der Waals surface area contributed by atoms with E-state index in [1.165, 1.54) is 12.1 Å². The van der Waals surface area contributed by atoms with Crippen LogP contribution in [0.5, 0.6) is 0 Å². The number of rotatable bonds is 4. The fourth-order valence-electron chi connectivity index (χ4n) is 3.88. The van der Waals surface area contributed by atoms with Crippen molar-refractivity contribution in [3.63, 3.8) is 0 Å². The summed E-state index contributed by atoms with van der Waals surface area (Å²) in [6.07, 6.45) is 0.509. The molecular weight excluding hydrogens is 411 g/mol. The molecule has 7 heteroatoms. The summed E-state index contributed by atoms with van der Waals surface area (Å²) in [6.45, 7) is 6.17. The lowest BCUT2D eigenvalue weighted by molar-refractivity contribution is -0.137. The van der Waals surface area contributed by atoms with Crippen LogP contribution in [-0.2, 0) is 6.18 Å². The van der Waals surface area contributed by atoms with Gasteiger partial charge in [-0.3, -0.25) is 4.99 Å². The third kappa shape index (κ3) is 4.24. The molecule has 3 nitrogen and oxygen atoms in total. The predicted octanol–water partition coefficient (Wildman–Crippen LogP) is 6.09. The van der Waals surface area contributed by atoms with E-state index in [-0.39, 0.29) is 6.04 Å². The molecule has 30 heavy (non-hydrogen) atoms. The molecule has 0 amide bonds. The molecule has 0 spiro atoms. The minimum atomic E-state index is -4.39. The van der Waals surface area contributed by atoms with Gasteiger partial charge in [-0.1, -0.05) is 36.4 Å². The lowest BCUT2D eigenvalue weighted by Crippen LogP contribution is -2.25. The number of hydrogen-bond acceptors (Lipinski definition) is 3. The Labute approximate surface area is 178 Å². The number of nitrogens with zero attached hydrogens (tertiary/aromatic N) is 3. The molecular formula is C23H21ClF3N3. The van der Waals surface area contributed by atoms with Crippen LogP contribution in [0.2, 0.25) is 5.02 Å². The van der Waals surface area contributed by atoms with Gasteiger partial charge in [0.25, 0.3) is 0 Å². The number of dihydropyridines is 1. The molecule has 0 bridgehead atoms. The first kappa shape index (κ1) is 20.5. The van der Waals surface area contributed by atoms with Crippen molar-refractivity contribution in [1.82, 2.24) is 4.90 Å². The molecule has 156 valence electrons. The Kier molecular flexibility index (Phi) is 5.60. The van der Waals surface area contributed by atoms with Gasteiger partial charge in [0.15, 0.2) is 0 Å². The number of alkyl halides is 3. The van der Waals surface area contributed by atoms with E-state index in [0.29, 0.717) is 23.7 Å². The van der Waals surface area contributed by atoms with Gasteiger partial charge in [-0.25, -0.2) is 0 Å². The Morgan fingerprint density at radius 1 is 1.13 bits per heavy atom. The molecule has 0 unspecified atom stereocenters. The van der Waals surface area contributed by atoms with Crippen molar-refractivity contribution >= 4 is 23.5 Å². The predicted molar refractivity (Wildman–Crippen MR) is 115 cm³/mol. The van der Waals surface area contributed by atoms with Gasteiger partial charge in [-0.05, 0) is 54.0 Å². The first-order valence-corrected chi connectivity index (χ1v) is 10.1. The quantitative estimate of drug-likeness (QED) is 0.583. The van der Waals surface area contributed by atoms with Crippen LogP contribution in [0.25, 0.3) is 0 Å². The SMILES string of the molecule is C=C1N(CC2=CCCN=C2)C[C@H](c2cccc(C(F)(F)F)c2)N1c1ccc(Cl)cc1. The Hall–Kier alpha value is -2.73. The van der Waals surface area contributed by atoms with Crippen LogP contribution in [0.4, 0.5) is 18.9 Å². The Morgan fingerprint density at radius 3 is 2.57 bits per heavy atom. The monoisotopic (exact) mass is 431 g/mol. The topological polar surface area (TPSA) is 18.8 Å². The molecule has 2 aliphatic heterocycles. The van der Waals surface area contributed by atoms with Gasteiger partial charge in [0, 0.05) is 36.6 Å². The van der Waals surface area contributed by atoms with E-state index in [9.17, 15) is 13.2 Å². The van der Waals surface area contributed by atoms with Crippen molar-refractivity contribution in [2.24, 2.45) is 4.99 Å². The zero-order chi connectivity index (χ0) is 21.3. The number of anilines is 1. The van der Waals surface area contributed by atoms with E-state index in [1.54, 1.807) is 18.2 Å². The van der Waals surface area contributed by atoms with E-state index >= 15 is 0 Å². The van der Waals surface area contributed by atoms with Crippen molar-refractivity contribution in [3.8, 4) is 0 Å². The van der Waals surface area contributed by atoms with Crippen LogP contribution in [0, 0.1) is 0 Å². The summed E-state index contributed by atoms with van der Waals surface area (Å²) in [6, 6.07) is 12.5. The zero-order valence-electron chi connectivity index (χ0n) is 16.2. The van der Waals surface area contributed by atoms with E-state index in [4.69, 9.17) is 11.6 Å². The van der Waals surface area contributed by atoms with Crippen molar-refractivity contribution < 1.29 is 13.2 Å². The summed E-state index contributed by atoms with van der Waals surface area (Å²) in [4.78, 5) is 8.39. The first-order valence-electron chi connectivity index (χ1n) is 9.67. The Bertz CT molecular complexity index is 995. The van der Waals surface area contributed by atoms with Crippen molar-refractivity contribution in [2.45, 2.75) is 18.6 Å². The molecule has 0 N–H and O–H groups in total. The minimum Gasteiger partial charge on any atom is -0.352 e. The van der Waals surface area contributed by atoms with Crippen LogP contribution < -0.4 is 4.90 Å². The standard InChI is InChI=1S/C23H21ClF3N3/c1-16-29(14-17-4-3-11-28-13-17)15-22(30(16)21-9-7-20(24)8-10-21)18-5-2-6-19(12-18)23(25,26)27/h2,4-10,12-13,22H,1,3,11,14-15H2/t22-/m1/s1. The largest absolute Gasteiger partial charge is 0.416 e. The van der Waals surface area contributed by atoms with E-state index < -0.39 is 11.7 Å². The van der Waals surface area contributed by atoms with Gasteiger partial charge in [-0.15, -0.1) is 0 Å². The molecule has 0 radical (unpaired) electrons. The van der Waals surface area contributed by atoms with Crippen molar-refractivity contribution in [2.75, 3.05) is 24.5 Å². The first-order chi connectivity index (χ1) is 14.3. The summed E-state index contributed by atoms with van der Waals surface area (Å²) in [5.74, 6) is 0.736. The number of halogens is 4. The summed E-state index contributed by atoms with van der Waals surface area (Å²) in [5.41, 5.74) is 1.86. The van der Waals surface area contributed by atoms with Crippen molar-refractivity contribution in [3.05, 3.63) is 88.7 Å². The maximum absolute atomic E-state index is 13.3. The highest BCUT2D eigenvalue weighted by molar-refractivity contribution is 6.30.